The lowest BCUT2D eigenvalue weighted by molar-refractivity contribution is -0.118. The van der Waals surface area contributed by atoms with Crippen molar-refractivity contribution < 1.29 is 18.7 Å². The van der Waals surface area contributed by atoms with Crippen LogP contribution in [0.15, 0.2) is 97.1 Å². The number of anilines is 2. The van der Waals surface area contributed by atoms with E-state index in [1.165, 1.54) is 24.3 Å². The summed E-state index contributed by atoms with van der Waals surface area (Å²) in [6.45, 7) is -0.185. The minimum atomic E-state index is -0.571. The Balaban J connectivity index is 1.32. The summed E-state index contributed by atoms with van der Waals surface area (Å²) in [6.07, 6.45) is 0. The molecule has 0 fully saturated rings. The molecule has 5 nitrogen and oxygen atoms in total. The number of nitrogens with one attached hydrogen (secondary N) is 2. The van der Waals surface area contributed by atoms with Gasteiger partial charge in [-0.05, 0) is 59.7 Å². The van der Waals surface area contributed by atoms with Gasteiger partial charge >= 0.3 is 0 Å². The quantitative estimate of drug-likeness (QED) is 0.325. The molecule has 4 aromatic carbocycles. The summed E-state index contributed by atoms with van der Waals surface area (Å²) in [4.78, 5) is 24.8. The van der Waals surface area contributed by atoms with Crippen molar-refractivity contribution in [3.8, 4) is 16.9 Å². The Kier molecular flexibility index (Phi) is 7.20. The summed E-state index contributed by atoms with van der Waals surface area (Å²) < 4.78 is 18.9. The molecular weight excluding hydrogens is 455 g/mol. The zero-order valence-corrected chi connectivity index (χ0v) is 18.7. The number of carbonyl (C=O) groups is 2. The van der Waals surface area contributed by atoms with Crippen LogP contribution in [-0.4, -0.2) is 18.4 Å². The van der Waals surface area contributed by atoms with Crippen LogP contribution in [0.25, 0.3) is 11.1 Å². The average Bonchev–Trinajstić information content (AvgIpc) is 2.86. The third kappa shape index (κ3) is 5.99. The first-order valence-corrected chi connectivity index (χ1v) is 10.8. The molecule has 0 aliphatic heterocycles. The lowest BCUT2D eigenvalue weighted by Gasteiger charge is -2.10. The Morgan fingerprint density at radius 1 is 0.765 bits per heavy atom. The molecule has 7 heteroatoms. The highest BCUT2D eigenvalue weighted by Crippen LogP contribution is 2.23. The van der Waals surface area contributed by atoms with Gasteiger partial charge in [-0.15, -0.1) is 0 Å². The standard InChI is InChI=1S/C27H20ClFN2O3/c28-24-16-22(11-14-25(24)29)31-27(33)20-7-4-8-21(15-20)30-26(32)17-34-23-12-9-19(10-13-23)18-5-2-1-3-6-18/h1-16H,17H2,(H,30,32)(H,31,33). The highest BCUT2D eigenvalue weighted by molar-refractivity contribution is 6.31. The maximum absolute atomic E-state index is 13.3. The van der Waals surface area contributed by atoms with E-state index in [4.69, 9.17) is 16.3 Å². The Bertz CT molecular complexity index is 1310. The van der Waals surface area contributed by atoms with E-state index in [0.717, 1.165) is 11.1 Å². The normalized spacial score (nSPS) is 10.4. The van der Waals surface area contributed by atoms with Crippen LogP contribution in [0.4, 0.5) is 15.8 Å². The van der Waals surface area contributed by atoms with Gasteiger partial charge < -0.3 is 15.4 Å². The smallest absolute Gasteiger partial charge is 0.262 e. The number of hydrogen-bond donors (Lipinski definition) is 2. The molecule has 4 aromatic rings. The Hall–Kier alpha value is -4.16. The Labute approximate surface area is 201 Å². The third-order valence-electron chi connectivity index (χ3n) is 4.92. The molecule has 0 heterocycles. The van der Waals surface area contributed by atoms with Gasteiger partial charge in [-0.3, -0.25) is 9.59 Å². The zero-order valence-electron chi connectivity index (χ0n) is 17.9. The van der Waals surface area contributed by atoms with E-state index in [0.29, 0.717) is 22.7 Å². The summed E-state index contributed by atoms with van der Waals surface area (Å²) in [6, 6.07) is 27.8. The van der Waals surface area contributed by atoms with Crippen LogP contribution in [-0.2, 0) is 4.79 Å². The van der Waals surface area contributed by atoms with E-state index in [1.807, 2.05) is 54.6 Å². The highest BCUT2D eigenvalue weighted by Gasteiger charge is 2.10. The molecule has 0 radical (unpaired) electrons. The summed E-state index contributed by atoms with van der Waals surface area (Å²) in [5, 5.41) is 5.26. The molecule has 0 aliphatic carbocycles. The molecule has 0 bridgehead atoms. The second-order valence-electron chi connectivity index (χ2n) is 7.39. The molecule has 170 valence electrons. The fraction of sp³-hybridized carbons (Fsp3) is 0.0370. The van der Waals surface area contributed by atoms with Crippen molar-refractivity contribution in [3.63, 3.8) is 0 Å². The SMILES string of the molecule is O=C(COc1ccc(-c2ccccc2)cc1)Nc1cccc(C(=O)Nc2ccc(F)c(Cl)c2)c1. The molecule has 0 aromatic heterocycles. The molecule has 34 heavy (non-hydrogen) atoms. The molecule has 0 saturated heterocycles. The van der Waals surface area contributed by atoms with Crippen molar-refractivity contribution in [2.75, 3.05) is 17.2 Å². The van der Waals surface area contributed by atoms with E-state index < -0.39 is 11.7 Å². The fourth-order valence-electron chi connectivity index (χ4n) is 3.24. The van der Waals surface area contributed by atoms with Crippen molar-refractivity contribution >= 4 is 34.8 Å². The fourth-order valence-corrected chi connectivity index (χ4v) is 3.42. The second kappa shape index (κ2) is 10.6. The van der Waals surface area contributed by atoms with Gasteiger partial charge in [0.1, 0.15) is 11.6 Å². The van der Waals surface area contributed by atoms with Crippen molar-refractivity contribution in [3.05, 3.63) is 113 Å². The van der Waals surface area contributed by atoms with Crippen molar-refractivity contribution in [1.29, 1.82) is 0 Å². The number of ether oxygens (including phenoxy) is 1. The van der Waals surface area contributed by atoms with Gasteiger partial charge in [-0.2, -0.15) is 0 Å². The topological polar surface area (TPSA) is 67.4 Å². The minimum absolute atomic E-state index is 0.0893. The highest BCUT2D eigenvalue weighted by atomic mass is 35.5. The molecular formula is C27H20ClFN2O3. The predicted octanol–water partition coefficient (Wildman–Crippen LogP) is 6.42. The van der Waals surface area contributed by atoms with Crippen LogP contribution < -0.4 is 15.4 Å². The molecule has 2 amide bonds. The maximum atomic E-state index is 13.3. The maximum Gasteiger partial charge on any atom is 0.262 e. The molecule has 0 saturated carbocycles. The molecule has 0 atom stereocenters. The number of rotatable bonds is 7. The molecule has 0 aliphatic rings. The third-order valence-corrected chi connectivity index (χ3v) is 5.21. The molecule has 2 N–H and O–H groups in total. The summed E-state index contributed by atoms with van der Waals surface area (Å²) >= 11 is 5.75. The summed E-state index contributed by atoms with van der Waals surface area (Å²) in [7, 11) is 0. The van der Waals surface area contributed by atoms with E-state index in [-0.39, 0.29) is 17.5 Å². The summed E-state index contributed by atoms with van der Waals surface area (Å²) in [5.74, 6) is -0.789. The number of amides is 2. The van der Waals surface area contributed by atoms with Crippen LogP contribution >= 0.6 is 11.6 Å². The van der Waals surface area contributed by atoms with Crippen LogP contribution in [0.2, 0.25) is 5.02 Å². The zero-order chi connectivity index (χ0) is 23.9. The van der Waals surface area contributed by atoms with Crippen molar-refractivity contribution in [2.24, 2.45) is 0 Å². The lowest BCUT2D eigenvalue weighted by Crippen LogP contribution is -2.20. The average molecular weight is 475 g/mol. The van der Waals surface area contributed by atoms with Gasteiger partial charge in [0, 0.05) is 16.9 Å². The number of hydrogen-bond acceptors (Lipinski definition) is 3. The van der Waals surface area contributed by atoms with Crippen molar-refractivity contribution in [1.82, 2.24) is 0 Å². The second-order valence-corrected chi connectivity index (χ2v) is 7.80. The van der Waals surface area contributed by atoms with Gasteiger partial charge in [0.25, 0.3) is 11.8 Å². The first kappa shape index (κ1) is 23.0. The Morgan fingerprint density at radius 2 is 1.47 bits per heavy atom. The number of benzene rings is 4. The number of halogens is 2. The van der Waals surface area contributed by atoms with Crippen LogP contribution in [0.3, 0.4) is 0 Å². The summed E-state index contributed by atoms with van der Waals surface area (Å²) in [5.41, 5.74) is 3.26. The van der Waals surface area contributed by atoms with Crippen LogP contribution in [0.1, 0.15) is 10.4 Å². The van der Waals surface area contributed by atoms with Gasteiger partial charge in [0.05, 0.1) is 5.02 Å². The molecule has 0 unspecified atom stereocenters. The van der Waals surface area contributed by atoms with Crippen LogP contribution in [0.5, 0.6) is 5.75 Å². The van der Waals surface area contributed by atoms with Gasteiger partial charge in [0.15, 0.2) is 6.61 Å². The van der Waals surface area contributed by atoms with E-state index in [2.05, 4.69) is 10.6 Å². The monoisotopic (exact) mass is 474 g/mol. The van der Waals surface area contributed by atoms with E-state index in [1.54, 1.807) is 18.2 Å². The van der Waals surface area contributed by atoms with Crippen molar-refractivity contribution in [2.45, 2.75) is 0 Å². The lowest BCUT2D eigenvalue weighted by atomic mass is 10.1. The molecule has 4 rings (SSSR count). The minimum Gasteiger partial charge on any atom is -0.484 e. The van der Waals surface area contributed by atoms with Gasteiger partial charge in [-0.1, -0.05) is 60.1 Å². The largest absolute Gasteiger partial charge is 0.484 e. The first-order chi connectivity index (χ1) is 16.5. The van der Waals surface area contributed by atoms with Gasteiger partial charge in [-0.25, -0.2) is 4.39 Å². The van der Waals surface area contributed by atoms with Gasteiger partial charge in [0.2, 0.25) is 0 Å². The van der Waals surface area contributed by atoms with Crippen LogP contribution in [0, 0.1) is 5.82 Å². The Morgan fingerprint density at radius 3 is 2.21 bits per heavy atom. The molecule has 0 spiro atoms. The first-order valence-electron chi connectivity index (χ1n) is 10.4. The van der Waals surface area contributed by atoms with E-state index >= 15 is 0 Å². The number of carbonyl (C=O) groups excluding carboxylic acids is 2. The predicted molar refractivity (Wildman–Crippen MR) is 132 cm³/mol. The van der Waals surface area contributed by atoms with E-state index in [9.17, 15) is 14.0 Å².